The van der Waals surface area contributed by atoms with Gasteiger partial charge in [-0.15, -0.1) is 0 Å². The first-order valence-corrected chi connectivity index (χ1v) is 7.52. The molecule has 2 aromatic rings. The molecule has 0 aliphatic heterocycles. The van der Waals surface area contributed by atoms with Crippen molar-refractivity contribution >= 4 is 0 Å². The van der Waals surface area contributed by atoms with Gasteiger partial charge in [0.15, 0.2) is 0 Å². The van der Waals surface area contributed by atoms with E-state index in [4.69, 9.17) is 5.73 Å². The zero-order chi connectivity index (χ0) is 15.5. The van der Waals surface area contributed by atoms with Gasteiger partial charge in [0.05, 0.1) is 5.69 Å². The van der Waals surface area contributed by atoms with E-state index in [9.17, 15) is 5.11 Å². The Labute approximate surface area is 126 Å². The van der Waals surface area contributed by atoms with Gasteiger partial charge in [-0.25, -0.2) is 0 Å². The number of nitrogens with two attached hydrogens (primary N) is 1. The molecule has 0 saturated heterocycles. The van der Waals surface area contributed by atoms with Crippen LogP contribution in [-0.2, 0) is 18.6 Å². The van der Waals surface area contributed by atoms with Gasteiger partial charge in [0.25, 0.3) is 0 Å². The van der Waals surface area contributed by atoms with Crippen LogP contribution in [0.4, 0.5) is 0 Å². The number of nitrogens with zero attached hydrogens (tertiary/aromatic N) is 2. The van der Waals surface area contributed by atoms with Gasteiger partial charge in [0, 0.05) is 25.2 Å². The highest BCUT2D eigenvalue weighted by Gasteiger charge is 2.27. The normalized spacial score (nSPS) is 14.1. The number of benzene rings is 1. The first-order chi connectivity index (χ1) is 10.0. The van der Waals surface area contributed by atoms with Crippen LogP contribution in [0.3, 0.4) is 0 Å². The third-order valence-corrected chi connectivity index (χ3v) is 4.27. The summed E-state index contributed by atoms with van der Waals surface area (Å²) < 4.78 is 1.98. The summed E-state index contributed by atoms with van der Waals surface area (Å²) in [5.41, 5.74) is 9.24. The van der Waals surface area contributed by atoms with Gasteiger partial charge in [0.2, 0.25) is 0 Å². The van der Waals surface area contributed by atoms with Crippen LogP contribution in [0.15, 0.2) is 30.3 Å². The predicted molar refractivity (Wildman–Crippen MR) is 85.1 cm³/mol. The lowest BCUT2D eigenvalue weighted by Crippen LogP contribution is -2.36. The first-order valence-electron chi connectivity index (χ1n) is 7.52. The standard InChI is InChI=1S/C17H25N3O/c1-4-16-13(2)19-20(14(16)3)11-10-17(21,12-18)15-8-6-5-7-9-15/h5-9,21H,4,10-12,18H2,1-3H3. The van der Waals surface area contributed by atoms with E-state index in [1.54, 1.807) is 0 Å². The molecule has 0 bridgehead atoms. The van der Waals surface area contributed by atoms with Crippen LogP contribution in [-0.4, -0.2) is 21.4 Å². The van der Waals surface area contributed by atoms with Crippen LogP contribution in [0.2, 0.25) is 0 Å². The fourth-order valence-corrected chi connectivity index (χ4v) is 2.87. The first kappa shape index (κ1) is 15.7. The SMILES string of the molecule is CCc1c(C)nn(CCC(O)(CN)c2ccccc2)c1C. The number of hydrogen-bond acceptors (Lipinski definition) is 3. The van der Waals surface area contributed by atoms with Crippen molar-refractivity contribution in [1.29, 1.82) is 0 Å². The number of rotatable bonds is 6. The quantitative estimate of drug-likeness (QED) is 0.857. The van der Waals surface area contributed by atoms with E-state index in [0.29, 0.717) is 13.0 Å². The predicted octanol–water partition coefficient (Wildman–Crippen LogP) is 2.30. The van der Waals surface area contributed by atoms with Crippen LogP contribution in [0.5, 0.6) is 0 Å². The van der Waals surface area contributed by atoms with Crippen molar-refractivity contribution in [2.75, 3.05) is 6.54 Å². The maximum absolute atomic E-state index is 10.8. The van der Waals surface area contributed by atoms with Crippen molar-refractivity contribution in [1.82, 2.24) is 9.78 Å². The van der Waals surface area contributed by atoms with Crippen LogP contribution in [0.25, 0.3) is 0 Å². The molecule has 3 N–H and O–H groups in total. The summed E-state index contributed by atoms with van der Waals surface area (Å²) in [6.07, 6.45) is 1.54. The molecule has 0 fully saturated rings. The Kier molecular flexibility index (Phi) is 4.80. The molecule has 21 heavy (non-hydrogen) atoms. The Morgan fingerprint density at radius 3 is 2.43 bits per heavy atom. The van der Waals surface area contributed by atoms with Crippen molar-refractivity contribution in [3.8, 4) is 0 Å². The highest BCUT2D eigenvalue weighted by molar-refractivity contribution is 5.25. The van der Waals surface area contributed by atoms with Crippen molar-refractivity contribution in [3.63, 3.8) is 0 Å². The Hall–Kier alpha value is -1.65. The van der Waals surface area contributed by atoms with E-state index < -0.39 is 5.60 Å². The fraction of sp³-hybridized carbons (Fsp3) is 0.471. The number of aliphatic hydroxyl groups is 1. The zero-order valence-electron chi connectivity index (χ0n) is 13.1. The van der Waals surface area contributed by atoms with Gasteiger partial charge in [-0.3, -0.25) is 4.68 Å². The average molecular weight is 287 g/mol. The highest BCUT2D eigenvalue weighted by atomic mass is 16.3. The molecular weight excluding hydrogens is 262 g/mol. The molecule has 1 aromatic carbocycles. The van der Waals surface area contributed by atoms with E-state index >= 15 is 0 Å². The molecular formula is C17H25N3O. The molecule has 0 amide bonds. The maximum atomic E-state index is 10.8. The Bertz CT molecular complexity index is 592. The summed E-state index contributed by atoms with van der Waals surface area (Å²) >= 11 is 0. The smallest absolute Gasteiger partial charge is 0.104 e. The number of aromatic nitrogens is 2. The summed E-state index contributed by atoms with van der Waals surface area (Å²) in [6, 6.07) is 9.63. The summed E-state index contributed by atoms with van der Waals surface area (Å²) in [4.78, 5) is 0. The molecule has 4 heteroatoms. The van der Waals surface area contributed by atoms with Crippen molar-refractivity contribution < 1.29 is 5.11 Å². The van der Waals surface area contributed by atoms with Gasteiger partial charge in [0.1, 0.15) is 5.60 Å². The largest absolute Gasteiger partial charge is 0.384 e. The highest BCUT2D eigenvalue weighted by Crippen LogP contribution is 2.25. The van der Waals surface area contributed by atoms with E-state index in [-0.39, 0.29) is 6.54 Å². The van der Waals surface area contributed by atoms with E-state index in [1.807, 2.05) is 41.9 Å². The van der Waals surface area contributed by atoms with Crippen molar-refractivity contribution in [3.05, 3.63) is 52.8 Å². The maximum Gasteiger partial charge on any atom is 0.104 e. The summed E-state index contributed by atoms with van der Waals surface area (Å²) in [5.74, 6) is 0. The van der Waals surface area contributed by atoms with Crippen LogP contribution in [0.1, 0.15) is 35.9 Å². The van der Waals surface area contributed by atoms with E-state index in [0.717, 1.165) is 17.7 Å². The summed E-state index contributed by atoms with van der Waals surface area (Å²) in [7, 11) is 0. The monoisotopic (exact) mass is 287 g/mol. The molecule has 1 heterocycles. The molecule has 0 saturated carbocycles. The van der Waals surface area contributed by atoms with Crippen LogP contribution >= 0.6 is 0 Å². The third kappa shape index (κ3) is 3.17. The minimum absolute atomic E-state index is 0.205. The second kappa shape index (κ2) is 6.41. The van der Waals surface area contributed by atoms with Crippen LogP contribution < -0.4 is 5.73 Å². The molecule has 1 atom stereocenters. The molecule has 0 aliphatic carbocycles. The van der Waals surface area contributed by atoms with Crippen molar-refractivity contribution in [2.45, 2.75) is 45.8 Å². The molecule has 114 valence electrons. The van der Waals surface area contributed by atoms with Gasteiger partial charge in [-0.1, -0.05) is 37.3 Å². The van der Waals surface area contributed by atoms with E-state index in [2.05, 4.69) is 18.9 Å². The second-order valence-corrected chi connectivity index (χ2v) is 5.58. The summed E-state index contributed by atoms with van der Waals surface area (Å²) in [6.45, 7) is 7.13. The summed E-state index contributed by atoms with van der Waals surface area (Å²) in [5, 5.41) is 15.4. The molecule has 2 rings (SSSR count). The van der Waals surface area contributed by atoms with Crippen LogP contribution in [0, 0.1) is 13.8 Å². The zero-order valence-corrected chi connectivity index (χ0v) is 13.1. The average Bonchev–Trinajstić information content (AvgIpc) is 2.79. The molecule has 0 aliphatic rings. The molecule has 0 radical (unpaired) electrons. The van der Waals surface area contributed by atoms with Gasteiger partial charge in [-0.05, 0) is 31.4 Å². The number of aryl methyl sites for hydroxylation is 2. The lowest BCUT2D eigenvalue weighted by molar-refractivity contribution is 0.0310. The minimum atomic E-state index is -1.00. The lowest BCUT2D eigenvalue weighted by atomic mass is 9.90. The second-order valence-electron chi connectivity index (χ2n) is 5.58. The molecule has 4 nitrogen and oxygen atoms in total. The van der Waals surface area contributed by atoms with Gasteiger partial charge >= 0.3 is 0 Å². The van der Waals surface area contributed by atoms with E-state index in [1.165, 1.54) is 11.3 Å². The topological polar surface area (TPSA) is 64.1 Å². The molecule has 1 unspecified atom stereocenters. The third-order valence-electron chi connectivity index (χ3n) is 4.27. The van der Waals surface area contributed by atoms with Gasteiger partial charge < -0.3 is 10.8 Å². The van der Waals surface area contributed by atoms with Gasteiger partial charge in [-0.2, -0.15) is 5.10 Å². The fourth-order valence-electron chi connectivity index (χ4n) is 2.87. The number of hydrogen-bond donors (Lipinski definition) is 2. The molecule has 1 aromatic heterocycles. The Balaban J connectivity index is 2.18. The Morgan fingerprint density at radius 1 is 1.24 bits per heavy atom. The molecule has 0 spiro atoms. The minimum Gasteiger partial charge on any atom is -0.384 e. The van der Waals surface area contributed by atoms with Crippen molar-refractivity contribution in [2.24, 2.45) is 5.73 Å². The Morgan fingerprint density at radius 2 is 1.90 bits per heavy atom. The lowest BCUT2D eigenvalue weighted by Gasteiger charge is -2.27.